The molecular formula is C19H19N3O2S. The highest BCUT2D eigenvalue weighted by Crippen LogP contribution is 2.19. The maximum Gasteiger partial charge on any atom is 0.313 e. The zero-order valence-corrected chi connectivity index (χ0v) is 14.7. The summed E-state index contributed by atoms with van der Waals surface area (Å²) in [6.45, 7) is 0.402. The van der Waals surface area contributed by atoms with Crippen LogP contribution in [0.2, 0.25) is 0 Å². The average Bonchev–Trinajstić information content (AvgIpc) is 3.05. The molecule has 3 aromatic rings. The monoisotopic (exact) mass is 353 g/mol. The first-order valence-corrected chi connectivity index (χ1v) is 9.18. The molecule has 0 radical (unpaired) electrons. The fraction of sp³-hybridized carbons (Fsp3) is 0.158. The number of carbonyl (C=O) groups excluding carboxylic acids is 2. The van der Waals surface area contributed by atoms with E-state index in [4.69, 9.17) is 0 Å². The third-order valence-corrected chi connectivity index (χ3v) is 4.61. The number of thioether (sulfide) groups is 1. The van der Waals surface area contributed by atoms with Crippen LogP contribution in [0, 0.1) is 0 Å². The van der Waals surface area contributed by atoms with Gasteiger partial charge in [-0.05, 0) is 42.5 Å². The smallest absolute Gasteiger partial charge is 0.313 e. The molecule has 0 atom stereocenters. The quantitative estimate of drug-likeness (QED) is 0.487. The summed E-state index contributed by atoms with van der Waals surface area (Å²) in [5.74, 6) is -1.29. The van der Waals surface area contributed by atoms with E-state index in [1.54, 1.807) is 17.8 Å². The van der Waals surface area contributed by atoms with Gasteiger partial charge in [-0.1, -0.05) is 24.3 Å². The van der Waals surface area contributed by atoms with E-state index in [0.717, 1.165) is 21.4 Å². The molecule has 6 heteroatoms. The minimum atomic E-state index is -0.655. The molecule has 0 aliphatic carbocycles. The van der Waals surface area contributed by atoms with Gasteiger partial charge in [0.25, 0.3) is 0 Å². The maximum atomic E-state index is 12.0. The van der Waals surface area contributed by atoms with E-state index in [1.807, 2.05) is 54.9 Å². The Kier molecular flexibility index (Phi) is 5.40. The number of benzene rings is 2. The minimum absolute atomic E-state index is 0.402. The summed E-state index contributed by atoms with van der Waals surface area (Å²) in [6.07, 6.45) is 4.55. The van der Waals surface area contributed by atoms with E-state index >= 15 is 0 Å². The molecular weight excluding hydrogens is 334 g/mol. The normalized spacial score (nSPS) is 10.6. The fourth-order valence-electron chi connectivity index (χ4n) is 2.62. The molecule has 3 rings (SSSR count). The van der Waals surface area contributed by atoms with Crippen LogP contribution in [0.1, 0.15) is 5.56 Å². The number of hydrogen-bond acceptors (Lipinski definition) is 3. The molecule has 128 valence electrons. The molecule has 0 unspecified atom stereocenters. The van der Waals surface area contributed by atoms with Crippen LogP contribution in [0.5, 0.6) is 0 Å². The van der Waals surface area contributed by atoms with Gasteiger partial charge in [0, 0.05) is 34.2 Å². The van der Waals surface area contributed by atoms with Gasteiger partial charge in [0.05, 0.1) is 0 Å². The highest BCUT2D eigenvalue weighted by Gasteiger charge is 2.13. The number of nitrogens with one attached hydrogen (secondary N) is 3. The fourth-order valence-corrected chi connectivity index (χ4v) is 3.08. The Balaban J connectivity index is 1.52. The number of para-hydroxylation sites is 1. The van der Waals surface area contributed by atoms with Crippen LogP contribution < -0.4 is 10.6 Å². The molecule has 3 N–H and O–H groups in total. The molecule has 1 heterocycles. The molecule has 5 nitrogen and oxygen atoms in total. The third-order valence-electron chi connectivity index (χ3n) is 3.89. The summed E-state index contributed by atoms with van der Waals surface area (Å²) in [5.41, 5.74) is 2.79. The zero-order chi connectivity index (χ0) is 17.6. The molecule has 0 saturated heterocycles. The minimum Gasteiger partial charge on any atom is -0.361 e. The van der Waals surface area contributed by atoms with Crippen LogP contribution in [0.4, 0.5) is 5.69 Å². The number of aromatic nitrogens is 1. The number of rotatable bonds is 5. The van der Waals surface area contributed by atoms with Crippen molar-refractivity contribution in [2.24, 2.45) is 0 Å². The molecule has 2 aromatic carbocycles. The molecule has 2 amide bonds. The van der Waals surface area contributed by atoms with E-state index in [1.165, 1.54) is 0 Å². The number of carbonyl (C=O) groups is 2. The molecule has 0 saturated carbocycles. The van der Waals surface area contributed by atoms with E-state index in [0.29, 0.717) is 18.7 Å². The number of anilines is 1. The first kappa shape index (κ1) is 17.1. The van der Waals surface area contributed by atoms with Crippen LogP contribution in [0.15, 0.2) is 59.6 Å². The Morgan fingerprint density at radius 2 is 1.92 bits per heavy atom. The van der Waals surface area contributed by atoms with Gasteiger partial charge in [0.1, 0.15) is 0 Å². The lowest BCUT2D eigenvalue weighted by atomic mass is 10.1. The number of amides is 2. The lowest BCUT2D eigenvalue weighted by Crippen LogP contribution is -2.36. The van der Waals surface area contributed by atoms with Gasteiger partial charge in [-0.25, -0.2) is 0 Å². The summed E-state index contributed by atoms with van der Waals surface area (Å²) >= 11 is 1.58. The number of hydrogen-bond donors (Lipinski definition) is 3. The van der Waals surface area contributed by atoms with Gasteiger partial charge in [0.2, 0.25) is 0 Å². The van der Waals surface area contributed by atoms with Crippen LogP contribution in [0.25, 0.3) is 10.9 Å². The van der Waals surface area contributed by atoms with Crippen molar-refractivity contribution in [3.63, 3.8) is 0 Å². The Bertz CT molecular complexity index is 904. The van der Waals surface area contributed by atoms with E-state index in [2.05, 4.69) is 15.6 Å². The first-order chi connectivity index (χ1) is 12.2. The third kappa shape index (κ3) is 4.22. The van der Waals surface area contributed by atoms with Gasteiger partial charge in [-0.15, -0.1) is 11.8 Å². The Morgan fingerprint density at radius 3 is 2.76 bits per heavy atom. The van der Waals surface area contributed by atoms with Crippen LogP contribution in [0.3, 0.4) is 0 Å². The Morgan fingerprint density at radius 1 is 1.08 bits per heavy atom. The summed E-state index contributed by atoms with van der Waals surface area (Å²) in [7, 11) is 0. The predicted octanol–water partition coefficient (Wildman–Crippen LogP) is 3.19. The Labute approximate surface area is 150 Å². The lowest BCUT2D eigenvalue weighted by Gasteiger charge is -2.07. The second kappa shape index (κ2) is 7.90. The van der Waals surface area contributed by atoms with E-state index < -0.39 is 11.8 Å². The molecule has 0 bridgehead atoms. The lowest BCUT2D eigenvalue weighted by molar-refractivity contribution is -0.136. The maximum absolute atomic E-state index is 12.0. The van der Waals surface area contributed by atoms with Gasteiger partial charge in [-0.3, -0.25) is 9.59 Å². The molecule has 25 heavy (non-hydrogen) atoms. The highest BCUT2D eigenvalue weighted by atomic mass is 32.2. The van der Waals surface area contributed by atoms with E-state index in [9.17, 15) is 9.59 Å². The standard InChI is InChI=1S/C19H19N3O2S/c1-25-15-6-4-5-14(11-15)22-19(24)18(23)20-10-9-13-12-21-17-8-3-2-7-16(13)17/h2-8,11-12,21H,9-10H2,1H3,(H,20,23)(H,22,24). The van der Waals surface area contributed by atoms with Crippen LogP contribution in [-0.4, -0.2) is 29.6 Å². The van der Waals surface area contributed by atoms with E-state index in [-0.39, 0.29) is 0 Å². The molecule has 1 aromatic heterocycles. The van der Waals surface area contributed by atoms with Gasteiger partial charge < -0.3 is 15.6 Å². The Hall–Kier alpha value is -2.73. The van der Waals surface area contributed by atoms with Gasteiger partial charge in [-0.2, -0.15) is 0 Å². The van der Waals surface area contributed by atoms with Crippen molar-refractivity contribution < 1.29 is 9.59 Å². The zero-order valence-electron chi connectivity index (χ0n) is 13.8. The summed E-state index contributed by atoms with van der Waals surface area (Å²) < 4.78 is 0. The first-order valence-electron chi connectivity index (χ1n) is 7.95. The highest BCUT2D eigenvalue weighted by molar-refractivity contribution is 7.98. The largest absolute Gasteiger partial charge is 0.361 e. The van der Waals surface area contributed by atoms with Crippen molar-refractivity contribution in [2.45, 2.75) is 11.3 Å². The molecule has 0 aliphatic rings. The van der Waals surface area contributed by atoms with Crippen molar-refractivity contribution in [1.82, 2.24) is 10.3 Å². The SMILES string of the molecule is CSc1cccc(NC(=O)C(=O)NCCc2c[nH]c3ccccc23)c1. The van der Waals surface area contributed by atoms with Gasteiger partial charge in [0.15, 0.2) is 0 Å². The summed E-state index contributed by atoms with van der Waals surface area (Å²) in [6, 6.07) is 15.4. The van der Waals surface area contributed by atoms with Gasteiger partial charge >= 0.3 is 11.8 Å². The summed E-state index contributed by atoms with van der Waals surface area (Å²) in [5, 5.41) is 6.42. The average molecular weight is 353 g/mol. The number of H-pyrrole nitrogens is 1. The van der Waals surface area contributed by atoms with Crippen molar-refractivity contribution >= 4 is 40.2 Å². The van der Waals surface area contributed by atoms with Crippen molar-refractivity contribution in [2.75, 3.05) is 18.1 Å². The van der Waals surface area contributed by atoms with Crippen molar-refractivity contribution in [1.29, 1.82) is 0 Å². The summed E-state index contributed by atoms with van der Waals surface area (Å²) in [4.78, 5) is 28.2. The molecule has 0 spiro atoms. The van der Waals surface area contributed by atoms with Crippen LogP contribution >= 0.6 is 11.8 Å². The predicted molar refractivity (Wildman–Crippen MR) is 102 cm³/mol. The topological polar surface area (TPSA) is 74.0 Å². The van der Waals surface area contributed by atoms with Crippen LogP contribution in [-0.2, 0) is 16.0 Å². The second-order valence-corrected chi connectivity index (χ2v) is 6.43. The number of aromatic amines is 1. The van der Waals surface area contributed by atoms with Crippen molar-refractivity contribution in [3.05, 3.63) is 60.3 Å². The molecule has 0 aliphatic heterocycles. The molecule has 0 fully saturated rings. The number of fused-ring (bicyclic) bond motifs is 1. The second-order valence-electron chi connectivity index (χ2n) is 5.55. The van der Waals surface area contributed by atoms with Crippen molar-refractivity contribution in [3.8, 4) is 0 Å².